The number of aromatic nitrogens is 3. The average Bonchev–Trinajstić information content (AvgIpc) is 3.25. The molecular weight excluding hydrogens is 428 g/mol. The molecule has 3 amide bonds. The van der Waals surface area contributed by atoms with Gasteiger partial charge in [0.1, 0.15) is 0 Å². The van der Waals surface area contributed by atoms with Gasteiger partial charge >= 0.3 is 6.03 Å². The van der Waals surface area contributed by atoms with Gasteiger partial charge in [0, 0.05) is 11.3 Å². The number of nitrogens with zero attached hydrogens (tertiary/aromatic N) is 3. The Kier molecular flexibility index (Phi) is 6.14. The van der Waals surface area contributed by atoms with Crippen molar-refractivity contribution < 1.29 is 9.59 Å². The zero-order chi connectivity index (χ0) is 22.5. The number of anilines is 3. The average molecular weight is 447 g/mol. The molecule has 0 atom stereocenters. The fraction of sp³-hybridized carbons (Fsp3) is 0.0435. The summed E-state index contributed by atoms with van der Waals surface area (Å²) in [5.74, 6) is 0.163. The van der Waals surface area contributed by atoms with Gasteiger partial charge in [-0.1, -0.05) is 41.9 Å². The number of para-hydroxylation sites is 1. The second-order valence-corrected chi connectivity index (χ2v) is 7.28. The van der Waals surface area contributed by atoms with Crippen LogP contribution < -0.4 is 16.0 Å². The summed E-state index contributed by atoms with van der Waals surface area (Å²) in [5, 5.41) is 13.0. The number of halogens is 1. The van der Waals surface area contributed by atoms with Crippen molar-refractivity contribution in [2.24, 2.45) is 0 Å². The van der Waals surface area contributed by atoms with Gasteiger partial charge in [0.05, 0.1) is 34.5 Å². The number of urea groups is 1. The van der Waals surface area contributed by atoms with Gasteiger partial charge in [-0.25, -0.2) is 14.5 Å². The van der Waals surface area contributed by atoms with Crippen LogP contribution in [0.5, 0.6) is 0 Å². The minimum Gasteiger partial charge on any atom is -0.319 e. The molecule has 2 aromatic carbocycles. The number of hydrogen-bond acceptors (Lipinski definition) is 4. The van der Waals surface area contributed by atoms with Crippen LogP contribution in [0.4, 0.5) is 21.9 Å². The Morgan fingerprint density at radius 1 is 0.875 bits per heavy atom. The number of pyridine rings is 1. The van der Waals surface area contributed by atoms with Gasteiger partial charge < -0.3 is 16.0 Å². The third kappa shape index (κ3) is 4.93. The molecule has 0 saturated carbocycles. The topological polar surface area (TPSA) is 101 Å². The van der Waals surface area contributed by atoms with Crippen LogP contribution in [0.25, 0.3) is 5.82 Å². The first kappa shape index (κ1) is 21.1. The first-order chi connectivity index (χ1) is 15.5. The van der Waals surface area contributed by atoms with E-state index >= 15 is 0 Å². The molecular formula is C23H19ClN6O2. The first-order valence-electron chi connectivity index (χ1n) is 9.71. The summed E-state index contributed by atoms with van der Waals surface area (Å²) in [5.41, 5.74) is 2.69. The minimum absolute atomic E-state index is 0.262. The van der Waals surface area contributed by atoms with Crippen molar-refractivity contribution >= 4 is 40.6 Å². The summed E-state index contributed by atoms with van der Waals surface area (Å²) >= 11 is 6.07. The number of benzene rings is 2. The molecule has 32 heavy (non-hydrogen) atoms. The highest BCUT2D eigenvalue weighted by atomic mass is 35.5. The van der Waals surface area contributed by atoms with Gasteiger partial charge in [-0.05, 0) is 43.3 Å². The van der Waals surface area contributed by atoms with E-state index in [1.807, 2.05) is 13.0 Å². The van der Waals surface area contributed by atoms with E-state index in [0.717, 1.165) is 5.69 Å². The number of hydrogen-bond donors (Lipinski definition) is 3. The van der Waals surface area contributed by atoms with Crippen LogP contribution in [0.3, 0.4) is 0 Å². The Morgan fingerprint density at radius 2 is 1.62 bits per heavy atom. The van der Waals surface area contributed by atoms with Crippen LogP contribution in [0.2, 0.25) is 5.02 Å². The number of carbonyl (C=O) groups excluding carboxylic acids is 2. The van der Waals surface area contributed by atoms with Crippen LogP contribution in [0.1, 0.15) is 16.1 Å². The van der Waals surface area contributed by atoms with E-state index in [1.165, 1.54) is 10.9 Å². The maximum Gasteiger partial charge on any atom is 0.323 e. The molecule has 4 aromatic rings. The summed E-state index contributed by atoms with van der Waals surface area (Å²) in [4.78, 5) is 29.4. The van der Waals surface area contributed by atoms with E-state index in [4.69, 9.17) is 11.6 Å². The van der Waals surface area contributed by atoms with Gasteiger partial charge in [-0.2, -0.15) is 5.10 Å². The molecule has 4 rings (SSSR count). The zero-order valence-corrected chi connectivity index (χ0v) is 17.8. The van der Waals surface area contributed by atoms with E-state index in [1.54, 1.807) is 66.9 Å². The second-order valence-electron chi connectivity index (χ2n) is 6.88. The Morgan fingerprint density at radius 3 is 2.41 bits per heavy atom. The molecule has 2 aromatic heterocycles. The molecule has 0 fully saturated rings. The molecule has 0 saturated heterocycles. The molecule has 160 valence electrons. The first-order valence-corrected chi connectivity index (χ1v) is 10.1. The molecule has 3 N–H and O–H groups in total. The number of aryl methyl sites for hydroxylation is 1. The maximum atomic E-state index is 12.6. The van der Waals surface area contributed by atoms with Crippen LogP contribution >= 0.6 is 11.6 Å². The predicted octanol–water partition coefficient (Wildman–Crippen LogP) is 5.13. The Bertz CT molecular complexity index is 1270. The fourth-order valence-corrected chi connectivity index (χ4v) is 3.13. The van der Waals surface area contributed by atoms with Gasteiger partial charge in [-0.15, -0.1) is 0 Å². The van der Waals surface area contributed by atoms with Gasteiger partial charge in [-0.3, -0.25) is 4.79 Å². The summed E-state index contributed by atoms with van der Waals surface area (Å²) in [6.07, 6.45) is 3.09. The van der Waals surface area contributed by atoms with Crippen molar-refractivity contribution in [1.29, 1.82) is 0 Å². The SMILES string of the molecule is Cc1ccc(NC(=O)c2ccccc2)c(-n2cc(NC(=O)Nc3ccccc3Cl)cn2)n1. The lowest BCUT2D eigenvalue weighted by atomic mass is 10.2. The van der Waals surface area contributed by atoms with Crippen LogP contribution in [-0.4, -0.2) is 26.7 Å². The Balaban J connectivity index is 1.52. The summed E-state index contributed by atoms with van der Waals surface area (Å²) in [7, 11) is 0. The smallest absolute Gasteiger partial charge is 0.319 e. The largest absolute Gasteiger partial charge is 0.323 e. The molecule has 0 spiro atoms. The number of carbonyl (C=O) groups is 2. The van der Waals surface area contributed by atoms with E-state index in [9.17, 15) is 9.59 Å². The predicted molar refractivity (Wildman–Crippen MR) is 125 cm³/mol. The summed E-state index contributed by atoms with van der Waals surface area (Å²) in [6.45, 7) is 1.84. The third-order valence-corrected chi connectivity index (χ3v) is 4.81. The van der Waals surface area contributed by atoms with Crippen molar-refractivity contribution in [3.05, 3.63) is 95.4 Å². The van der Waals surface area contributed by atoms with Crippen molar-refractivity contribution in [3.8, 4) is 5.82 Å². The number of rotatable bonds is 5. The van der Waals surface area contributed by atoms with E-state index < -0.39 is 6.03 Å². The maximum absolute atomic E-state index is 12.6. The molecule has 8 nitrogen and oxygen atoms in total. The van der Waals surface area contributed by atoms with Gasteiger partial charge in [0.15, 0.2) is 5.82 Å². The molecule has 0 bridgehead atoms. The molecule has 0 aliphatic carbocycles. The minimum atomic E-state index is -0.465. The highest BCUT2D eigenvalue weighted by molar-refractivity contribution is 6.33. The third-order valence-electron chi connectivity index (χ3n) is 4.48. The molecule has 0 aliphatic heterocycles. The lowest BCUT2D eigenvalue weighted by molar-refractivity contribution is 0.102. The zero-order valence-electron chi connectivity index (χ0n) is 17.0. The van der Waals surface area contributed by atoms with Gasteiger partial charge in [0.25, 0.3) is 5.91 Å². The lowest BCUT2D eigenvalue weighted by Gasteiger charge is -2.11. The highest BCUT2D eigenvalue weighted by Crippen LogP contribution is 2.22. The standard InChI is InChI=1S/C23H19ClN6O2/c1-15-11-12-20(28-22(31)16-7-3-2-4-8-16)21(26-15)30-14-17(13-25-30)27-23(32)29-19-10-6-5-9-18(19)24/h2-14H,1H3,(H,28,31)(H2,27,29,32). The molecule has 0 radical (unpaired) electrons. The van der Waals surface area contributed by atoms with Crippen LogP contribution in [-0.2, 0) is 0 Å². The quantitative estimate of drug-likeness (QED) is 0.395. The lowest BCUT2D eigenvalue weighted by Crippen LogP contribution is -2.19. The van der Waals surface area contributed by atoms with Crippen molar-refractivity contribution in [1.82, 2.24) is 14.8 Å². The molecule has 0 aliphatic rings. The highest BCUT2D eigenvalue weighted by Gasteiger charge is 2.14. The van der Waals surface area contributed by atoms with Crippen molar-refractivity contribution in [2.45, 2.75) is 6.92 Å². The Hall–Kier alpha value is -4.17. The summed E-state index contributed by atoms with van der Waals surface area (Å²) in [6, 6.07) is 18.9. The van der Waals surface area contributed by atoms with E-state index in [0.29, 0.717) is 33.5 Å². The molecule has 0 unspecified atom stereocenters. The second kappa shape index (κ2) is 9.32. The summed E-state index contributed by atoms with van der Waals surface area (Å²) < 4.78 is 1.48. The van der Waals surface area contributed by atoms with E-state index in [2.05, 4.69) is 26.0 Å². The van der Waals surface area contributed by atoms with Gasteiger partial charge in [0.2, 0.25) is 0 Å². The molecule has 9 heteroatoms. The fourth-order valence-electron chi connectivity index (χ4n) is 2.95. The van der Waals surface area contributed by atoms with E-state index in [-0.39, 0.29) is 5.91 Å². The monoisotopic (exact) mass is 446 g/mol. The normalized spacial score (nSPS) is 10.4. The van der Waals surface area contributed by atoms with Crippen LogP contribution in [0.15, 0.2) is 79.1 Å². The van der Waals surface area contributed by atoms with Crippen molar-refractivity contribution in [3.63, 3.8) is 0 Å². The Labute approximate surface area is 189 Å². The van der Waals surface area contributed by atoms with Crippen molar-refractivity contribution in [2.75, 3.05) is 16.0 Å². The number of amides is 3. The number of nitrogens with one attached hydrogen (secondary N) is 3. The molecule has 2 heterocycles. The van der Waals surface area contributed by atoms with Crippen LogP contribution in [0, 0.1) is 6.92 Å².